The van der Waals surface area contributed by atoms with Crippen LogP contribution in [0.5, 0.6) is 0 Å². The van der Waals surface area contributed by atoms with Gasteiger partial charge in [0, 0.05) is 19.6 Å². The monoisotopic (exact) mass is 295 g/mol. The van der Waals surface area contributed by atoms with Crippen LogP contribution in [0, 0.1) is 0 Å². The Morgan fingerprint density at radius 2 is 1.90 bits per heavy atom. The number of hydrogen-bond acceptors (Lipinski definition) is 4. The summed E-state index contributed by atoms with van der Waals surface area (Å²) in [5.74, 6) is -0.0766. The summed E-state index contributed by atoms with van der Waals surface area (Å²) >= 11 is 0. The molecule has 0 aromatic rings. The van der Waals surface area contributed by atoms with Gasteiger partial charge in [-0.15, -0.1) is 0 Å². The minimum Gasteiger partial charge on any atom is -0.391 e. The summed E-state index contributed by atoms with van der Waals surface area (Å²) in [5, 5.41) is 10.0. The van der Waals surface area contributed by atoms with Crippen LogP contribution < -0.4 is 0 Å². The van der Waals surface area contributed by atoms with Crippen LogP contribution in [0.4, 0.5) is 0 Å². The maximum absolute atomic E-state index is 12.7. The molecule has 3 fully saturated rings. The predicted molar refractivity (Wildman–Crippen MR) is 77.6 cm³/mol. The molecule has 3 atom stereocenters. The molecular weight excluding hydrogens is 270 g/mol. The Bertz CT molecular complexity index is 447. The molecular formula is C15H25N3O3. The first-order valence-corrected chi connectivity index (χ1v) is 7.96. The fraction of sp³-hybridized carbons (Fsp3) is 0.867. The highest BCUT2D eigenvalue weighted by Gasteiger charge is 2.60. The molecule has 0 bridgehead atoms. The van der Waals surface area contributed by atoms with Crippen LogP contribution in [-0.4, -0.2) is 82.5 Å². The molecule has 3 saturated heterocycles. The van der Waals surface area contributed by atoms with Crippen molar-refractivity contribution in [3.05, 3.63) is 0 Å². The van der Waals surface area contributed by atoms with Crippen LogP contribution in [0.15, 0.2) is 0 Å². The Morgan fingerprint density at radius 1 is 1.24 bits per heavy atom. The van der Waals surface area contributed by atoms with Gasteiger partial charge in [-0.3, -0.25) is 14.5 Å². The van der Waals surface area contributed by atoms with E-state index in [0.717, 1.165) is 45.3 Å². The van der Waals surface area contributed by atoms with Gasteiger partial charge in [0.05, 0.1) is 6.10 Å². The number of aliphatic hydroxyl groups is 1. The molecule has 1 N–H and O–H groups in total. The van der Waals surface area contributed by atoms with Crippen LogP contribution in [-0.2, 0) is 9.59 Å². The number of nitrogens with zero attached hydrogens (tertiary/aromatic N) is 3. The Labute approximate surface area is 125 Å². The summed E-state index contributed by atoms with van der Waals surface area (Å²) < 4.78 is 0. The van der Waals surface area contributed by atoms with Gasteiger partial charge in [-0.25, -0.2) is 0 Å². The number of likely N-dealkylation sites (N-methyl/N-ethyl adjacent to an activating group) is 1. The van der Waals surface area contributed by atoms with E-state index < -0.39 is 17.7 Å². The Morgan fingerprint density at radius 3 is 2.38 bits per heavy atom. The lowest BCUT2D eigenvalue weighted by molar-refractivity contribution is -0.174. The van der Waals surface area contributed by atoms with Gasteiger partial charge >= 0.3 is 0 Å². The third kappa shape index (κ3) is 2.16. The summed E-state index contributed by atoms with van der Waals surface area (Å²) in [5.41, 5.74) is -0.404. The Hall–Kier alpha value is -1.14. The largest absolute Gasteiger partial charge is 0.391 e. The minimum atomic E-state index is -0.828. The fourth-order valence-electron chi connectivity index (χ4n) is 4.03. The molecule has 0 aliphatic carbocycles. The minimum absolute atomic E-state index is 0.0148. The molecule has 0 aromatic carbocycles. The average Bonchev–Trinajstić information content (AvgIpc) is 3.08. The van der Waals surface area contributed by atoms with Crippen molar-refractivity contribution in [2.45, 2.75) is 50.3 Å². The zero-order valence-electron chi connectivity index (χ0n) is 12.9. The first kappa shape index (κ1) is 14.8. The molecule has 0 radical (unpaired) electrons. The van der Waals surface area contributed by atoms with E-state index in [1.807, 2.05) is 7.05 Å². The zero-order chi connectivity index (χ0) is 15.2. The second-order valence-electron chi connectivity index (χ2n) is 6.71. The number of carbonyl (C=O) groups is 2. The molecule has 3 rings (SSSR count). The maximum Gasteiger partial charge on any atom is 0.248 e. The molecule has 0 aromatic heterocycles. The van der Waals surface area contributed by atoms with E-state index in [1.165, 1.54) is 0 Å². The van der Waals surface area contributed by atoms with Crippen LogP contribution in [0.25, 0.3) is 0 Å². The number of rotatable bonds is 3. The van der Waals surface area contributed by atoms with Gasteiger partial charge in [-0.2, -0.15) is 0 Å². The second-order valence-corrected chi connectivity index (χ2v) is 6.71. The highest BCUT2D eigenvalue weighted by Crippen LogP contribution is 2.39. The van der Waals surface area contributed by atoms with Crippen molar-refractivity contribution in [3.8, 4) is 0 Å². The summed E-state index contributed by atoms with van der Waals surface area (Å²) in [4.78, 5) is 30.8. The van der Waals surface area contributed by atoms with E-state index in [2.05, 4.69) is 4.90 Å². The Balaban J connectivity index is 1.74. The highest BCUT2D eigenvalue weighted by molar-refractivity contribution is 5.97. The van der Waals surface area contributed by atoms with E-state index in [1.54, 1.807) is 16.7 Å². The first-order chi connectivity index (χ1) is 9.97. The maximum atomic E-state index is 12.7. The summed E-state index contributed by atoms with van der Waals surface area (Å²) in [6.45, 7) is 4.59. The van der Waals surface area contributed by atoms with Gasteiger partial charge in [-0.05, 0) is 46.2 Å². The predicted octanol–water partition coefficient (Wildman–Crippen LogP) is -0.335. The number of amides is 2. The summed E-state index contributed by atoms with van der Waals surface area (Å²) in [6.07, 6.45) is 3.09. The fourth-order valence-corrected chi connectivity index (χ4v) is 4.03. The molecule has 3 unspecified atom stereocenters. The van der Waals surface area contributed by atoms with Crippen molar-refractivity contribution in [1.82, 2.24) is 14.7 Å². The third-order valence-electron chi connectivity index (χ3n) is 5.37. The number of hydrogen-bond donors (Lipinski definition) is 1. The normalized spacial score (nSPS) is 32.6. The van der Waals surface area contributed by atoms with Crippen molar-refractivity contribution in [2.75, 3.05) is 33.2 Å². The topological polar surface area (TPSA) is 64.1 Å². The van der Waals surface area contributed by atoms with Crippen LogP contribution >= 0.6 is 0 Å². The van der Waals surface area contributed by atoms with Gasteiger partial charge < -0.3 is 14.9 Å². The van der Waals surface area contributed by atoms with Crippen molar-refractivity contribution in [2.24, 2.45) is 0 Å². The molecule has 3 aliphatic heterocycles. The van der Waals surface area contributed by atoms with E-state index in [0.29, 0.717) is 6.54 Å². The van der Waals surface area contributed by atoms with E-state index >= 15 is 0 Å². The molecule has 1 spiro atoms. The molecule has 3 aliphatic rings. The van der Waals surface area contributed by atoms with Crippen LogP contribution in [0.3, 0.4) is 0 Å². The molecule has 118 valence electrons. The molecule has 6 heteroatoms. The highest BCUT2D eigenvalue weighted by atomic mass is 16.3. The quantitative estimate of drug-likeness (QED) is 0.724. The molecule has 0 saturated carbocycles. The lowest BCUT2D eigenvalue weighted by Gasteiger charge is -2.53. The summed E-state index contributed by atoms with van der Waals surface area (Å²) in [7, 11) is 1.97. The molecule has 21 heavy (non-hydrogen) atoms. The lowest BCUT2D eigenvalue weighted by atomic mass is 9.83. The molecule has 2 amide bonds. The number of aliphatic hydroxyl groups excluding tert-OH is 1. The van der Waals surface area contributed by atoms with E-state index in [-0.39, 0.29) is 11.8 Å². The molecule has 6 nitrogen and oxygen atoms in total. The van der Waals surface area contributed by atoms with Crippen LogP contribution in [0.2, 0.25) is 0 Å². The SMILES string of the molecule is CC(O)C(C(=O)N1CCCC1)N1CC2(CCCN2C)C1=O. The van der Waals surface area contributed by atoms with Crippen molar-refractivity contribution < 1.29 is 14.7 Å². The van der Waals surface area contributed by atoms with Gasteiger partial charge in [0.15, 0.2) is 0 Å². The van der Waals surface area contributed by atoms with E-state index in [9.17, 15) is 14.7 Å². The zero-order valence-corrected chi connectivity index (χ0v) is 12.9. The van der Waals surface area contributed by atoms with Crippen molar-refractivity contribution in [1.29, 1.82) is 0 Å². The van der Waals surface area contributed by atoms with Gasteiger partial charge in [0.1, 0.15) is 11.6 Å². The van der Waals surface area contributed by atoms with Crippen LogP contribution in [0.1, 0.15) is 32.6 Å². The van der Waals surface area contributed by atoms with Gasteiger partial charge in [-0.1, -0.05) is 0 Å². The Kier molecular flexibility index (Phi) is 3.69. The lowest BCUT2D eigenvalue weighted by Crippen LogP contribution is -2.76. The third-order valence-corrected chi connectivity index (χ3v) is 5.37. The van der Waals surface area contributed by atoms with Crippen molar-refractivity contribution >= 4 is 11.8 Å². The summed E-state index contributed by atoms with van der Waals surface area (Å²) in [6, 6.07) is -0.713. The standard InChI is InChI=1S/C15H25N3O3/c1-11(19)12(13(20)17-8-3-4-9-17)18-10-15(14(18)21)6-5-7-16(15)2/h11-12,19H,3-10H2,1-2H3. The van der Waals surface area contributed by atoms with Gasteiger partial charge in [0.25, 0.3) is 0 Å². The first-order valence-electron chi connectivity index (χ1n) is 7.96. The van der Waals surface area contributed by atoms with Gasteiger partial charge in [0.2, 0.25) is 11.8 Å². The number of carbonyl (C=O) groups excluding carboxylic acids is 2. The number of β-lactam (4-membered cyclic amide) rings is 1. The van der Waals surface area contributed by atoms with E-state index in [4.69, 9.17) is 0 Å². The smallest absolute Gasteiger partial charge is 0.248 e. The number of likely N-dealkylation sites (tertiary alicyclic amines) is 3. The molecule has 3 heterocycles. The second kappa shape index (κ2) is 5.25. The van der Waals surface area contributed by atoms with Crippen molar-refractivity contribution in [3.63, 3.8) is 0 Å². The average molecular weight is 295 g/mol.